The molecule has 6 heteroatoms. The second-order valence-corrected chi connectivity index (χ2v) is 8.23. The lowest BCUT2D eigenvalue weighted by molar-refractivity contribution is -0.125. The molecule has 1 aromatic carbocycles. The van der Waals surface area contributed by atoms with Crippen LogP contribution >= 0.6 is 0 Å². The van der Waals surface area contributed by atoms with Crippen molar-refractivity contribution in [2.45, 2.75) is 50.8 Å². The van der Waals surface area contributed by atoms with Crippen LogP contribution in [0.15, 0.2) is 46.1 Å². The smallest absolute Gasteiger partial charge is 0.191 e. The Hall–Kier alpha value is -2.34. The summed E-state index contributed by atoms with van der Waals surface area (Å²) < 4.78 is 11.7. The van der Waals surface area contributed by atoms with Crippen LogP contribution in [-0.4, -0.2) is 36.7 Å². The van der Waals surface area contributed by atoms with Crippen LogP contribution in [0.25, 0.3) is 11.3 Å². The van der Waals surface area contributed by atoms with Gasteiger partial charge in [-0.05, 0) is 19.3 Å². The normalized spacial score (nSPS) is 28.2. The van der Waals surface area contributed by atoms with Crippen molar-refractivity contribution in [3.63, 3.8) is 0 Å². The zero-order valence-electron chi connectivity index (χ0n) is 16.4. The van der Waals surface area contributed by atoms with Crippen molar-refractivity contribution in [2.75, 3.05) is 13.7 Å². The number of benzene rings is 1. The van der Waals surface area contributed by atoms with E-state index in [0.29, 0.717) is 30.0 Å². The molecular weight excluding hydrogens is 352 g/mol. The number of guanidine groups is 1. The fourth-order valence-corrected chi connectivity index (χ4v) is 5.63. The second kappa shape index (κ2) is 7.24. The predicted molar refractivity (Wildman–Crippen MR) is 108 cm³/mol. The number of ether oxygens (including phenoxy) is 1. The molecule has 0 radical (unpaired) electrons. The van der Waals surface area contributed by atoms with Crippen LogP contribution in [0.3, 0.4) is 0 Å². The molecule has 1 aromatic heterocycles. The van der Waals surface area contributed by atoms with Crippen LogP contribution in [-0.2, 0) is 11.3 Å². The van der Waals surface area contributed by atoms with Crippen LogP contribution < -0.4 is 10.6 Å². The van der Waals surface area contributed by atoms with E-state index in [9.17, 15) is 0 Å². The molecule has 3 unspecified atom stereocenters. The molecular formula is C22H28N4O2. The Morgan fingerprint density at radius 3 is 2.86 bits per heavy atom. The molecule has 3 aliphatic rings. The summed E-state index contributed by atoms with van der Waals surface area (Å²) >= 11 is 0. The first-order valence-corrected chi connectivity index (χ1v) is 10.4. The third-order valence-electron chi connectivity index (χ3n) is 6.90. The fourth-order valence-electron chi connectivity index (χ4n) is 5.63. The third-order valence-corrected chi connectivity index (χ3v) is 6.90. The summed E-state index contributed by atoms with van der Waals surface area (Å²) in [7, 11) is 1.83. The highest BCUT2D eigenvalue weighted by molar-refractivity contribution is 5.80. The SMILES string of the molecule is CN=C(NCc1ncoc1-c1ccccc1)NC1C2CCOC2C12CCCC2. The molecule has 3 atom stereocenters. The highest BCUT2D eigenvalue weighted by Gasteiger charge is 2.65. The van der Waals surface area contributed by atoms with Crippen LogP contribution in [0, 0.1) is 11.3 Å². The first-order valence-electron chi connectivity index (χ1n) is 10.4. The quantitative estimate of drug-likeness (QED) is 0.629. The van der Waals surface area contributed by atoms with Gasteiger partial charge in [0.1, 0.15) is 5.69 Å². The van der Waals surface area contributed by atoms with E-state index in [1.54, 1.807) is 0 Å². The van der Waals surface area contributed by atoms with Gasteiger partial charge >= 0.3 is 0 Å². The first kappa shape index (κ1) is 17.7. The number of nitrogens with one attached hydrogen (secondary N) is 2. The van der Waals surface area contributed by atoms with Crippen molar-refractivity contribution >= 4 is 5.96 Å². The first-order chi connectivity index (χ1) is 13.8. The van der Waals surface area contributed by atoms with Gasteiger partial charge in [0.05, 0.1) is 12.6 Å². The Labute approximate surface area is 165 Å². The van der Waals surface area contributed by atoms with Crippen molar-refractivity contribution < 1.29 is 9.15 Å². The zero-order chi connectivity index (χ0) is 19.0. The van der Waals surface area contributed by atoms with Gasteiger partial charge in [0.25, 0.3) is 0 Å². The lowest BCUT2D eigenvalue weighted by Gasteiger charge is -2.57. The standard InChI is InChI=1S/C22H28N4O2/c1-23-21(24-13-17-18(28-14-25-17)15-7-3-2-4-8-15)26-19-16-9-12-27-20(16)22(19)10-5-6-11-22/h2-4,7-8,14,16,19-20H,5-6,9-13H2,1H3,(H2,23,24,26). The highest BCUT2D eigenvalue weighted by atomic mass is 16.5. The van der Waals surface area contributed by atoms with E-state index in [-0.39, 0.29) is 0 Å². The van der Waals surface area contributed by atoms with Crippen LogP contribution in [0.4, 0.5) is 0 Å². The average molecular weight is 380 g/mol. The van der Waals surface area contributed by atoms with Gasteiger partial charge in [-0.3, -0.25) is 4.99 Å². The van der Waals surface area contributed by atoms with Gasteiger partial charge in [0.15, 0.2) is 18.1 Å². The third kappa shape index (κ3) is 2.82. The summed E-state index contributed by atoms with van der Waals surface area (Å²) in [6.07, 6.45) is 8.28. The van der Waals surface area contributed by atoms with E-state index < -0.39 is 0 Å². The largest absolute Gasteiger partial charge is 0.443 e. The molecule has 5 rings (SSSR count). The van der Waals surface area contributed by atoms with Crippen LogP contribution in [0.2, 0.25) is 0 Å². The lowest BCUT2D eigenvalue weighted by Crippen LogP contribution is -2.69. The minimum absolute atomic E-state index is 0.307. The highest BCUT2D eigenvalue weighted by Crippen LogP contribution is 2.60. The van der Waals surface area contributed by atoms with Crippen molar-refractivity contribution in [1.82, 2.24) is 15.6 Å². The summed E-state index contributed by atoms with van der Waals surface area (Å²) in [5.41, 5.74) is 2.23. The maximum Gasteiger partial charge on any atom is 0.191 e. The number of nitrogens with zero attached hydrogens (tertiary/aromatic N) is 2. The second-order valence-electron chi connectivity index (χ2n) is 8.23. The lowest BCUT2D eigenvalue weighted by atomic mass is 9.54. The molecule has 0 amide bonds. The van der Waals surface area contributed by atoms with E-state index in [1.165, 1.54) is 32.1 Å². The summed E-state index contributed by atoms with van der Waals surface area (Å²) in [6.45, 7) is 1.48. The molecule has 1 saturated heterocycles. The molecule has 1 spiro atoms. The van der Waals surface area contributed by atoms with Crippen molar-refractivity contribution in [2.24, 2.45) is 16.3 Å². The zero-order valence-corrected chi connectivity index (χ0v) is 16.4. The van der Waals surface area contributed by atoms with Gasteiger partial charge in [0.2, 0.25) is 0 Å². The Bertz CT molecular complexity index is 841. The Kier molecular flexibility index (Phi) is 4.59. The predicted octanol–water partition coefficient (Wildman–Crippen LogP) is 3.35. The van der Waals surface area contributed by atoms with E-state index in [2.05, 4.69) is 20.6 Å². The van der Waals surface area contributed by atoms with E-state index in [0.717, 1.165) is 36.0 Å². The molecule has 2 aromatic rings. The summed E-state index contributed by atoms with van der Waals surface area (Å²) in [5.74, 6) is 2.26. The van der Waals surface area contributed by atoms with E-state index >= 15 is 0 Å². The number of fused-ring (bicyclic) bond motifs is 2. The summed E-state index contributed by atoms with van der Waals surface area (Å²) in [6, 6.07) is 10.5. The molecule has 2 aliphatic carbocycles. The topological polar surface area (TPSA) is 71.7 Å². The van der Waals surface area contributed by atoms with Crippen molar-refractivity contribution in [3.05, 3.63) is 42.4 Å². The molecule has 2 heterocycles. The molecule has 1 aliphatic heterocycles. The molecule has 28 heavy (non-hydrogen) atoms. The summed E-state index contributed by atoms with van der Waals surface area (Å²) in [4.78, 5) is 8.88. The van der Waals surface area contributed by atoms with Crippen molar-refractivity contribution in [3.8, 4) is 11.3 Å². The number of aliphatic imine (C=N–C) groups is 1. The molecule has 2 saturated carbocycles. The van der Waals surface area contributed by atoms with E-state index in [4.69, 9.17) is 9.15 Å². The minimum atomic E-state index is 0.307. The molecule has 148 valence electrons. The number of hydrogen-bond acceptors (Lipinski definition) is 4. The number of rotatable bonds is 4. The Morgan fingerprint density at radius 2 is 2.07 bits per heavy atom. The maximum atomic E-state index is 6.10. The van der Waals surface area contributed by atoms with Gasteiger partial charge in [-0.1, -0.05) is 43.2 Å². The van der Waals surface area contributed by atoms with Gasteiger partial charge < -0.3 is 19.8 Å². The van der Waals surface area contributed by atoms with Gasteiger partial charge in [-0.25, -0.2) is 4.98 Å². The Morgan fingerprint density at radius 1 is 1.25 bits per heavy atom. The Balaban J connectivity index is 1.27. The molecule has 2 N–H and O–H groups in total. The van der Waals surface area contributed by atoms with E-state index in [1.807, 2.05) is 37.4 Å². The fraction of sp³-hybridized carbons (Fsp3) is 0.545. The van der Waals surface area contributed by atoms with Gasteiger partial charge in [-0.15, -0.1) is 0 Å². The van der Waals surface area contributed by atoms with Gasteiger partial charge in [0, 0.05) is 36.6 Å². The van der Waals surface area contributed by atoms with Gasteiger partial charge in [-0.2, -0.15) is 0 Å². The number of oxazole rings is 1. The maximum absolute atomic E-state index is 6.10. The summed E-state index contributed by atoms with van der Waals surface area (Å²) in [5, 5.41) is 7.17. The van der Waals surface area contributed by atoms with Crippen LogP contribution in [0.1, 0.15) is 37.8 Å². The average Bonchev–Trinajstić information content (AvgIpc) is 3.48. The molecule has 6 nitrogen and oxygen atoms in total. The number of aromatic nitrogens is 1. The van der Waals surface area contributed by atoms with Crippen LogP contribution in [0.5, 0.6) is 0 Å². The minimum Gasteiger partial charge on any atom is -0.443 e. The van der Waals surface area contributed by atoms with Crippen molar-refractivity contribution in [1.29, 1.82) is 0 Å². The molecule has 3 fully saturated rings. The number of hydrogen-bond donors (Lipinski definition) is 2. The molecule has 0 bridgehead atoms. The monoisotopic (exact) mass is 380 g/mol.